The van der Waals surface area contributed by atoms with Crippen molar-refractivity contribution in [1.82, 2.24) is 15.1 Å². The van der Waals surface area contributed by atoms with E-state index in [4.69, 9.17) is 14.6 Å². The Balaban J connectivity index is 1.51. The minimum absolute atomic E-state index is 0.274. The number of hydrogen-bond donors (Lipinski definition) is 1. The van der Waals surface area contributed by atoms with Gasteiger partial charge in [0.1, 0.15) is 23.0 Å². The van der Waals surface area contributed by atoms with Crippen molar-refractivity contribution in [3.05, 3.63) is 95.3 Å². The first-order valence-corrected chi connectivity index (χ1v) is 11.8. The van der Waals surface area contributed by atoms with Crippen molar-refractivity contribution in [2.45, 2.75) is 0 Å². The van der Waals surface area contributed by atoms with Crippen LogP contribution < -0.4 is 14.8 Å². The number of nitrogens with one attached hydrogen (secondary N) is 1. The molecule has 1 aromatic heterocycles. The van der Waals surface area contributed by atoms with Crippen LogP contribution in [0.15, 0.2) is 88.9 Å². The van der Waals surface area contributed by atoms with Crippen LogP contribution in [0.1, 0.15) is 5.56 Å². The molecule has 9 heteroatoms. The highest BCUT2D eigenvalue weighted by Crippen LogP contribution is 2.35. The fraction of sp³-hybridized carbons (Fsp3) is 0.0741. The quantitative estimate of drug-likeness (QED) is 0.350. The Morgan fingerprint density at radius 2 is 1.81 bits per heavy atom. The molecule has 1 fully saturated rings. The molecule has 1 saturated heterocycles. The van der Waals surface area contributed by atoms with Gasteiger partial charge in [-0.25, -0.2) is 14.1 Å². The lowest BCUT2D eigenvalue weighted by Gasteiger charge is -2.07. The minimum atomic E-state index is -0.332. The normalized spacial score (nSPS) is 15.4. The minimum Gasteiger partial charge on any atom is -0.497 e. The number of ether oxygens (including phenoxy) is 2. The number of thioether (sulfide) groups is 1. The summed E-state index contributed by atoms with van der Waals surface area (Å²) < 4.78 is 25.9. The number of amides is 1. The number of aliphatic imine (C=N–C) groups is 1. The molecule has 2 heterocycles. The molecule has 3 aromatic carbocycles. The molecule has 1 aliphatic rings. The molecule has 1 amide bonds. The van der Waals surface area contributed by atoms with Crippen LogP contribution in [0.3, 0.4) is 0 Å². The fourth-order valence-corrected chi connectivity index (χ4v) is 4.47. The number of nitrogens with zero attached hydrogens (tertiary/aromatic N) is 3. The second kappa shape index (κ2) is 10.1. The molecule has 0 atom stereocenters. The van der Waals surface area contributed by atoms with E-state index in [-0.39, 0.29) is 11.7 Å². The zero-order valence-corrected chi connectivity index (χ0v) is 20.3. The van der Waals surface area contributed by atoms with E-state index < -0.39 is 0 Å². The Morgan fingerprint density at radius 3 is 2.53 bits per heavy atom. The standard InChI is InChI=1S/C27H21FN4O3S/c1-34-21-12-13-22(23(15-21)35-2)29-27-30-26(33)24(36-27)14-18-16-32(20-6-4-3-5-7-20)31-25(18)17-8-10-19(28)11-9-17/h3-16H,1-2H3,(H,29,30,33)/b24-14-. The van der Waals surface area contributed by atoms with Gasteiger partial charge < -0.3 is 14.8 Å². The molecule has 0 saturated carbocycles. The Kier molecular flexibility index (Phi) is 6.55. The van der Waals surface area contributed by atoms with Crippen LogP contribution in [0, 0.1) is 5.82 Å². The van der Waals surface area contributed by atoms with E-state index in [9.17, 15) is 9.18 Å². The van der Waals surface area contributed by atoms with Gasteiger partial charge >= 0.3 is 0 Å². The average molecular weight is 501 g/mol. The number of halogens is 1. The monoisotopic (exact) mass is 500 g/mol. The first kappa shape index (κ1) is 23.4. The Bertz CT molecular complexity index is 1480. The lowest BCUT2D eigenvalue weighted by atomic mass is 10.1. The highest BCUT2D eigenvalue weighted by molar-refractivity contribution is 8.18. The van der Waals surface area contributed by atoms with Gasteiger partial charge in [-0.15, -0.1) is 0 Å². The van der Waals surface area contributed by atoms with Crippen LogP contribution in [-0.2, 0) is 4.79 Å². The Morgan fingerprint density at radius 1 is 1.03 bits per heavy atom. The van der Waals surface area contributed by atoms with Gasteiger partial charge in [-0.05, 0) is 66.4 Å². The molecule has 0 radical (unpaired) electrons. The zero-order chi connectivity index (χ0) is 25.1. The highest BCUT2D eigenvalue weighted by Gasteiger charge is 2.25. The van der Waals surface area contributed by atoms with E-state index in [2.05, 4.69) is 10.3 Å². The molecule has 1 aliphatic heterocycles. The molecular weight excluding hydrogens is 479 g/mol. The van der Waals surface area contributed by atoms with Crippen molar-refractivity contribution >= 4 is 34.6 Å². The zero-order valence-electron chi connectivity index (χ0n) is 19.4. The van der Waals surface area contributed by atoms with Gasteiger partial charge in [0.05, 0.1) is 30.5 Å². The topological polar surface area (TPSA) is 77.7 Å². The largest absolute Gasteiger partial charge is 0.497 e. The molecule has 36 heavy (non-hydrogen) atoms. The van der Waals surface area contributed by atoms with Gasteiger partial charge in [0.25, 0.3) is 5.91 Å². The molecule has 0 spiro atoms. The summed E-state index contributed by atoms with van der Waals surface area (Å²) >= 11 is 1.22. The number of aromatic nitrogens is 2. The number of benzene rings is 3. The number of carbonyl (C=O) groups is 1. The second-order valence-electron chi connectivity index (χ2n) is 7.74. The molecule has 0 bridgehead atoms. The molecule has 5 rings (SSSR count). The van der Waals surface area contributed by atoms with Gasteiger partial charge in [-0.1, -0.05) is 18.2 Å². The number of carbonyl (C=O) groups excluding carboxylic acids is 1. The predicted octanol–water partition coefficient (Wildman–Crippen LogP) is 5.59. The summed E-state index contributed by atoms with van der Waals surface area (Å²) in [5, 5.41) is 7.95. The van der Waals surface area contributed by atoms with E-state index >= 15 is 0 Å². The maximum Gasteiger partial charge on any atom is 0.264 e. The van der Waals surface area contributed by atoms with Crippen molar-refractivity contribution in [2.75, 3.05) is 14.2 Å². The fourth-order valence-electron chi connectivity index (χ4n) is 3.65. The van der Waals surface area contributed by atoms with Crippen LogP contribution in [0.2, 0.25) is 0 Å². The van der Waals surface area contributed by atoms with Crippen molar-refractivity contribution in [1.29, 1.82) is 0 Å². The van der Waals surface area contributed by atoms with E-state index in [0.717, 1.165) is 11.3 Å². The summed E-state index contributed by atoms with van der Waals surface area (Å²) in [7, 11) is 3.12. The number of amidine groups is 1. The highest BCUT2D eigenvalue weighted by atomic mass is 32.2. The van der Waals surface area contributed by atoms with Crippen LogP contribution in [-0.4, -0.2) is 35.1 Å². The molecule has 7 nitrogen and oxygen atoms in total. The van der Waals surface area contributed by atoms with Gasteiger partial charge in [0, 0.05) is 23.4 Å². The third kappa shape index (κ3) is 4.87. The average Bonchev–Trinajstić information content (AvgIpc) is 3.48. The van der Waals surface area contributed by atoms with Crippen LogP contribution >= 0.6 is 11.8 Å². The maximum atomic E-state index is 13.5. The molecule has 4 aromatic rings. The molecular formula is C27H21FN4O3S. The van der Waals surface area contributed by atoms with E-state index in [1.165, 1.54) is 23.9 Å². The van der Waals surface area contributed by atoms with E-state index in [0.29, 0.717) is 38.5 Å². The summed E-state index contributed by atoms with van der Waals surface area (Å²) in [5.74, 6) is 0.561. The number of rotatable bonds is 6. The Labute approximate surface area is 211 Å². The van der Waals surface area contributed by atoms with Crippen molar-refractivity contribution < 1.29 is 18.7 Å². The third-order valence-electron chi connectivity index (χ3n) is 5.43. The molecule has 0 aliphatic carbocycles. The molecule has 0 unspecified atom stereocenters. The molecule has 180 valence electrons. The summed E-state index contributed by atoms with van der Waals surface area (Å²) in [6.07, 6.45) is 3.61. The van der Waals surface area contributed by atoms with E-state index in [1.807, 2.05) is 36.5 Å². The van der Waals surface area contributed by atoms with Crippen molar-refractivity contribution in [3.8, 4) is 28.4 Å². The summed E-state index contributed by atoms with van der Waals surface area (Å²) in [5.41, 5.74) is 3.50. The van der Waals surface area contributed by atoms with Gasteiger partial charge in [0.15, 0.2) is 5.17 Å². The summed E-state index contributed by atoms with van der Waals surface area (Å²) in [6.45, 7) is 0. The van der Waals surface area contributed by atoms with Crippen LogP contribution in [0.4, 0.5) is 10.1 Å². The van der Waals surface area contributed by atoms with Crippen LogP contribution in [0.5, 0.6) is 11.5 Å². The summed E-state index contributed by atoms with van der Waals surface area (Å²) in [6, 6.07) is 21.0. The van der Waals surface area contributed by atoms with Crippen molar-refractivity contribution in [2.24, 2.45) is 4.99 Å². The second-order valence-corrected chi connectivity index (χ2v) is 8.77. The lowest BCUT2D eigenvalue weighted by Crippen LogP contribution is -2.19. The van der Waals surface area contributed by atoms with Crippen LogP contribution in [0.25, 0.3) is 23.0 Å². The smallest absolute Gasteiger partial charge is 0.264 e. The number of methoxy groups -OCH3 is 2. The third-order valence-corrected chi connectivity index (χ3v) is 6.34. The summed E-state index contributed by atoms with van der Waals surface area (Å²) in [4.78, 5) is 17.8. The SMILES string of the molecule is COc1ccc(N=C2NC(=O)/C(=C/c3cn(-c4ccccc4)nc3-c3ccc(F)cc3)S2)c(OC)c1. The Hall–Kier alpha value is -4.37. The van der Waals surface area contributed by atoms with Gasteiger partial charge in [0.2, 0.25) is 0 Å². The predicted molar refractivity (Wildman–Crippen MR) is 139 cm³/mol. The first-order valence-electron chi connectivity index (χ1n) is 11.0. The number of hydrogen-bond acceptors (Lipinski definition) is 6. The van der Waals surface area contributed by atoms with Gasteiger partial charge in [-0.2, -0.15) is 5.10 Å². The maximum absolute atomic E-state index is 13.5. The lowest BCUT2D eigenvalue weighted by molar-refractivity contribution is -0.115. The van der Waals surface area contributed by atoms with Gasteiger partial charge in [-0.3, -0.25) is 4.79 Å². The van der Waals surface area contributed by atoms with Crippen molar-refractivity contribution in [3.63, 3.8) is 0 Å². The van der Waals surface area contributed by atoms with E-state index in [1.54, 1.807) is 55.3 Å². The number of para-hydroxylation sites is 1. The first-order chi connectivity index (χ1) is 17.5. The molecule has 1 N–H and O–H groups in total.